The van der Waals surface area contributed by atoms with Crippen LogP contribution in [0.25, 0.3) is 0 Å². The lowest BCUT2D eigenvalue weighted by Gasteiger charge is -2.33. The van der Waals surface area contributed by atoms with E-state index in [0.29, 0.717) is 16.2 Å². The SMILES string of the molecule is CCc1nnc(NC(=O)CSc2nnc3c(n2)C2(C)CCC3C2(C)C)s1. The Morgan fingerprint density at radius 2 is 2.08 bits per heavy atom. The summed E-state index contributed by atoms with van der Waals surface area (Å²) >= 11 is 2.71. The van der Waals surface area contributed by atoms with Crippen LogP contribution in [0.3, 0.4) is 0 Å². The second-order valence-electron chi connectivity index (χ2n) is 7.66. The van der Waals surface area contributed by atoms with Gasteiger partial charge in [-0.05, 0) is 24.7 Å². The number of hydrogen-bond donors (Lipinski definition) is 1. The van der Waals surface area contributed by atoms with E-state index in [-0.39, 0.29) is 22.5 Å². The van der Waals surface area contributed by atoms with E-state index in [1.807, 2.05) is 6.92 Å². The van der Waals surface area contributed by atoms with Crippen LogP contribution in [0.2, 0.25) is 0 Å². The molecule has 2 aromatic rings. The maximum absolute atomic E-state index is 12.1. The Kier molecular flexibility index (Phi) is 4.26. The quantitative estimate of drug-likeness (QED) is 0.784. The summed E-state index contributed by atoms with van der Waals surface area (Å²) in [5, 5.41) is 21.5. The first kappa shape index (κ1) is 17.8. The highest BCUT2D eigenvalue weighted by Gasteiger charge is 2.61. The van der Waals surface area contributed by atoms with E-state index < -0.39 is 0 Å². The molecule has 1 N–H and O–H groups in total. The third-order valence-electron chi connectivity index (χ3n) is 6.12. The molecule has 0 saturated heterocycles. The van der Waals surface area contributed by atoms with Gasteiger partial charge >= 0.3 is 0 Å². The zero-order valence-corrected chi connectivity index (χ0v) is 17.0. The summed E-state index contributed by atoms with van der Waals surface area (Å²) in [5.74, 6) is 0.534. The van der Waals surface area contributed by atoms with Crippen molar-refractivity contribution in [3.63, 3.8) is 0 Å². The minimum atomic E-state index is -0.133. The Hall–Kier alpha value is -1.61. The second-order valence-corrected chi connectivity index (χ2v) is 9.67. The molecule has 138 valence electrons. The minimum Gasteiger partial charge on any atom is -0.300 e. The number of carbonyl (C=O) groups is 1. The van der Waals surface area contributed by atoms with Crippen LogP contribution in [-0.4, -0.2) is 37.0 Å². The van der Waals surface area contributed by atoms with Crippen LogP contribution in [-0.2, 0) is 16.6 Å². The lowest BCUT2D eigenvalue weighted by Crippen LogP contribution is -2.32. The lowest BCUT2D eigenvalue weighted by molar-refractivity contribution is -0.113. The van der Waals surface area contributed by atoms with Crippen molar-refractivity contribution in [2.75, 3.05) is 11.1 Å². The van der Waals surface area contributed by atoms with E-state index in [2.05, 4.69) is 46.5 Å². The summed E-state index contributed by atoms with van der Waals surface area (Å²) in [7, 11) is 0. The molecule has 7 nitrogen and oxygen atoms in total. The average molecular weight is 391 g/mol. The van der Waals surface area contributed by atoms with E-state index >= 15 is 0 Å². The van der Waals surface area contributed by atoms with Crippen LogP contribution in [0, 0.1) is 5.41 Å². The number of nitrogens with one attached hydrogen (secondary N) is 1. The van der Waals surface area contributed by atoms with Crippen LogP contribution >= 0.6 is 23.1 Å². The van der Waals surface area contributed by atoms with Gasteiger partial charge in [0.2, 0.25) is 16.2 Å². The normalized spacial score (nSPS) is 25.3. The Morgan fingerprint density at radius 1 is 1.27 bits per heavy atom. The van der Waals surface area contributed by atoms with Gasteiger partial charge in [-0.1, -0.05) is 50.8 Å². The fourth-order valence-electron chi connectivity index (χ4n) is 4.16. The highest BCUT2D eigenvalue weighted by Crippen LogP contribution is 2.66. The summed E-state index contributed by atoms with van der Waals surface area (Å²) in [6, 6.07) is 0. The first-order valence-electron chi connectivity index (χ1n) is 8.85. The molecule has 2 aromatic heterocycles. The van der Waals surface area contributed by atoms with Gasteiger partial charge in [0.25, 0.3) is 0 Å². The van der Waals surface area contributed by atoms with Crippen molar-refractivity contribution < 1.29 is 4.79 Å². The first-order chi connectivity index (χ1) is 12.3. The summed E-state index contributed by atoms with van der Waals surface area (Å²) in [6.45, 7) is 8.91. The molecular formula is C17H22N6OS2. The smallest absolute Gasteiger partial charge is 0.236 e. The number of aromatic nitrogens is 5. The number of rotatable bonds is 5. The van der Waals surface area contributed by atoms with Gasteiger partial charge in [-0.15, -0.1) is 15.3 Å². The zero-order valence-electron chi connectivity index (χ0n) is 15.4. The van der Waals surface area contributed by atoms with Crippen LogP contribution in [0.5, 0.6) is 0 Å². The van der Waals surface area contributed by atoms with Crippen LogP contribution in [0.15, 0.2) is 5.16 Å². The molecule has 0 spiro atoms. The minimum absolute atomic E-state index is 0.0453. The molecule has 0 radical (unpaired) electrons. The molecule has 2 unspecified atom stereocenters. The van der Waals surface area contributed by atoms with Crippen molar-refractivity contribution in [1.82, 2.24) is 25.4 Å². The maximum atomic E-state index is 12.1. The lowest BCUT2D eigenvalue weighted by atomic mass is 9.70. The molecule has 1 saturated carbocycles. The summed E-state index contributed by atoms with van der Waals surface area (Å²) in [5.41, 5.74) is 2.34. The number of aryl methyl sites for hydroxylation is 1. The number of carbonyl (C=O) groups excluding carboxylic acids is 1. The van der Waals surface area contributed by atoms with Crippen molar-refractivity contribution in [2.24, 2.45) is 5.41 Å². The Balaban J connectivity index is 1.44. The zero-order chi connectivity index (χ0) is 18.5. The number of fused-ring (bicyclic) bond motifs is 5. The largest absolute Gasteiger partial charge is 0.300 e. The van der Waals surface area contributed by atoms with E-state index in [9.17, 15) is 4.79 Å². The average Bonchev–Trinajstić information content (AvgIpc) is 3.20. The van der Waals surface area contributed by atoms with Gasteiger partial charge in [-0.3, -0.25) is 10.1 Å². The van der Waals surface area contributed by atoms with Gasteiger partial charge in [-0.2, -0.15) is 5.10 Å². The second kappa shape index (κ2) is 6.23. The Morgan fingerprint density at radius 3 is 2.81 bits per heavy atom. The Labute approximate surface area is 160 Å². The van der Waals surface area contributed by atoms with Crippen LogP contribution in [0.4, 0.5) is 5.13 Å². The number of hydrogen-bond acceptors (Lipinski definition) is 8. The summed E-state index contributed by atoms with van der Waals surface area (Å²) < 4.78 is 0. The van der Waals surface area contributed by atoms with Crippen LogP contribution in [0.1, 0.15) is 62.8 Å². The maximum Gasteiger partial charge on any atom is 0.236 e. The summed E-state index contributed by atoms with van der Waals surface area (Å²) in [6.07, 6.45) is 3.11. The van der Waals surface area contributed by atoms with Crippen molar-refractivity contribution in [3.05, 3.63) is 16.4 Å². The fraction of sp³-hybridized carbons (Fsp3) is 0.647. The van der Waals surface area contributed by atoms with Crippen molar-refractivity contribution >= 4 is 34.1 Å². The van der Waals surface area contributed by atoms with Gasteiger partial charge in [-0.25, -0.2) is 4.98 Å². The molecule has 0 aromatic carbocycles. The molecule has 1 amide bonds. The van der Waals surface area contributed by atoms with Gasteiger partial charge in [0.1, 0.15) is 5.01 Å². The van der Waals surface area contributed by atoms with Crippen molar-refractivity contribution in [3.8, 4) is 0 Å². The molecular weight excluding hydrogens is 368 g/mol. The molecule has 2 aliphatic rings. The molecule has 1 fully saturated rings. The predicted molar refractivity (Wildman–Crippen MR) is 102 cm³/mol. The Bertz CT molecular complexity index is 867. The first-order valence-corrected chi connectivity index (χ1v) is 10.7. The van der Waals surface area contributed by atoms with Gasteiger partial charge in [0, 0.05) is 11.3 Å². The topological polar surface area (TPSA) is 93.6 Å². The molecule has 2 bridgehead atoms. The van der Waals surface area contributed by atoms with Gasteiger partial charge < -0.3 is 0 Å². The molecule has 2 heterocycles. The fourth-order valence-corrected chi connectivity index (χ4v) is 5.44. The third kappa shape index (κ3) is 2.63. The van der Waals surface area contributed by atoms with E-state index in [1.165, 1.54) is 23.1 Å². The highest BCUT2D eigenvalue weighted by atomic mass is 32.2. The standard InChI is InChI=1S/C17H22N6OS2/c1-5-11-20-23-15(26-11)18-10(24)8-25-14-19-13-12(21-22-14)9-6-7-17(13,4)16(9,2)3/h9H,5-8H2,1-4H3,(H,18,23,24). The van der Waals surface area contributed by atoms with E-state index in [0.717, 1.165) is 35.7 Å². The third-order valence-corrected chi connectivity index (χ3v) is 7.94. The molecule has 9 heteroatoms. The molecule has 4 rings (SSSR count). The predicted octanol–water partition coefficient (Wildman–Crippen LogP) is 3.19. The van der Waals surface area contributed by atoms with E-state index in [4.69, 9.17) is 4.98 Å². The number of amides is 1. The number of anilines is 1. The van der Waals surface area contributed by atoms with E-state index in [1.54, 1.807) is 0 Å². The number of thioether (sulfide) groups is 1. The van der Waals surface area contributed by atoms with Crippen molar-refractivity contribution in [2.45, 2.75) is 63.4 Å². The van der Waals surface area contributed by atoms with Crippen LogP contribution < -0.4 is 5.32 Å². The number of nitrogens with zero attached hydrogens (tertiary/aromatic N) is 5. The molecule has 2 atom stereocenters. The molecule has 2 aliphatic carbocycles. The monoisotopic (exact) mass is 390 g/mol. The molecule has 0 aliphatic heterocycles. The highest BCUT2D eigenvalue weighted by molar-refractivity contribution is 7.99. The van der Waals surface area contributed by atoms with Gasteiger partial charge in [0.05, 0.1) is 17.1 Å². The van der Waals surface area contributed by atoms with Gasteiger partial charge in [0.15, 0.2) is 0 Å². The molecule has 26 heavy (non-hydrogen) atoms. The summed E-state index contributed by atoms with van der Waals surface area (Å²) in [4.78, 5) is 16.9. The van der Waals surface area contributed by atoms with Crippen molar-refractivity contribution in [1.29, 1.82) is 0 Å².